The van der Waals surface area contributed by atoms with Gasteiger partial charge in [0.25, 0.3) is 11.2 Å². The summed E-state index contributed by atoms with van der Waals surface area (Å²) in [7, 11) is 3.22. The lowest BCUT2D eigenvalue weighted by atomic mass is 9.83. The Morgan fingerprint density at radius 2 is 1.84 bits per heavy atom. The number of nitro benzene ring substituents is 1. The van der Waals surface area contributed by atoms with Crippen LogP contribution in [0.1, 0.15) is 34.9 Å². The number of nitrogens with zero attached hydrogens (tertiary/aromatic N) is 3. The minimum atomic E-state index is -0.601. The molecule has 2 aliphatic rings. The Morgan fingerprint density at radius 3 is 2.62 bits per heavy atom. The van der Waals surface area contributed by atoms with Crippen LogP contribution in [0.25, 0.3) is 23.1 Å². The SMILES string of the molecule is COc1ccc(OC)c(C2C3=C(N=c4s/c(=C/c5ccc(-c6cc(Cl)c([N+](=O)[O-])cc6Cl)o5)c(=O)n42)c2ccccc2CC3)c1. The van der Waals surface area contributed by atoms with Crippen molar-refractivity contribution < 1.29 is 18.8 Å². The summed E-state index contributed by atoms with van der Waals surface area (Å²) in [6.07, 6.45) is 3.21. The molecule has 0 saturated carbocycles. The van der Waals surface area contributed by atoms with Gasteiger partial charge < -0.3 is 13.9 Å². The largest absolute Gasteiger partial charge is 0.497 e. The Bertz CT molecular complexity index is 2250. The van der Waals surface area contributed by atoms with Crippen LogP contribution < -0.4 is 24.4 Å². The number of methoxy groups -OCH3 is 2. The standard InChI is InChI=1S/C33H23Cl2N3O6S/c1-42-18-8-11-27(43-2)23(13-18)31-21-10-7-17-5-3-4-6-20(17)30(21)36-33-37(31)32(39)29(45-33)14-19-9-12-28(44-19)22-15-25(35)26(38(40)41)16-24(22)34/h3-6,8-9,11-16,31H,7,10H2,1-2H3/b29-14+. The minimum absolute atomic E-state index is 0.0656. The molecule has 0 radical (unpaired) electrons. The number of allylic oxidation sites excluding steroid dienone is 1. The number of halogens is 2. The molecule has 3 heterocycles. The van der Waals surface area contributed by atoms with Crippen molar-refractivity contribution in [3.63, 3.8) is 0 Å². The highest BCUT2D eigenvalue weighted by atomic mass is 35.5. The van der Waals surface area contributed by atoms with Crippen LogP contribution in [0.4, 0.5) is 5.69 Å². The van der Waals surface area contributed by atoms with Gasteiger partial charge >= 0.3 is 0 Å². The molecule has 0 bridgehead atoms. The Balaban J connectivity index is 1.40. The van der Waals surface area contributed by atoms with E-state index < -0.39 is 11.0 Å². The summed E-state index contributed by atoms with van der Waals surface area (Å²) >= 11 is 13.7. The van der Waals surface area contributed by atoms with E-state index in [-0.39, 0.29) is 21.3 Å². The van der Waals surface area contributed by atoms with Gasteiger partial charge in [-0.3, -0.25) is 19.5 Å². The molecule has 3 aromatic carbocycles. The van der Waals surface area contributed by atoms with Crippen LogP contribution in [0, 0.1) is 10.1 Å². The lowest BCUT2D eigenvalue weighted by Crippen LogP contribution is -2.39. The molecule has 0 fully saturated rings. The lowest BCUT2D eigenvalue weighted by molar-refractivity contribution is -0.384. The summed E-state index contributed by atoms with van der Waals surface area (Å²) in [5.41, 5.74) is 4.83. The van der Waals surface area contributed by atoms with E-state index in [1.165, 1.54) is 29.0 Å². The minimum Gasteiger partial charge on any atom is -0.497 e. The van der Waals surface area contributed by atoms with Crippen LogP contribution >= 0.6 is 34.5 Å². The number of furan rings is 1. The van der Waals surface area contributed by atoms with Crippen molar-refractivity contribution in [2.75, 3.05) is 14.2 Å². The molecular weight excluding hydrogens is 637 g/mol. The van der Waals surface area contributed by atoms with Crippen LogP contribution in [0.3, 0.4) is 0 Å². The van der Waals surface area contributed by atoms with E-state index in [1.807, 2.05) is 30.3 Å². The summed E-state index contributed by atoms with van der Waals surface area (Å²) in [6.45, 7) is 0. The zero-order chi connectivity index (χ0) is 31.4. The summed E-state index contributed by atoms with van der Waals surface area (Å²) in [5.74, 6) is 2.03. The van der Waals surface area contributed by atoms with Crippen LogP contribution in [0.15, 0.2) is 86.5 Å². The zero-order valence-corrected chi connectivity index (χ0v) is 26.2. The number of aromatic nitrogens is 1. The van der Waals surface area contributed by atoms with Gasteiger partial charge in [-0.15, -0.1) is 0 Å². The van der Waals surface area contributed by atoms with E-state index in [1.54, 1.807) is 37.0 Å². The third-order valence-electron chi connectivity index (χ3n) is 8.00. The molecule has 2 aromatic heterocycles. The second-order valence-corrected chi connectivity index (χ2v) is 12.3. The number of rotatable bonds is 6. The molecule has 1 unspecified atom stereocenters. The third-order valence-corrected chi connectivity index (χ3v) is 9.60. The summed E-state index contributed by atoms with van der Waals surface area (Å²) in [4.78, 5) is 30.4. The number of ether oxygens (including phenoxy) is 2. The summed E-state index contributed by atoms with van der Waals surface area (Å²) < 4.78 is 19.5. The molecule has 1 aliphatic heterocycles. The average Bonchev–Trinajstić information content (AvgIpc) is 3.64. The highest BCUT2D eigenvalue weighted by molar-refractivity contribution is 7.07. The number of hydrogen-bond acceptors (Lipinski definition) is 8. The number of nitro groups is 1. The van der Waals surface area contributed by atoms with Crippen LogP contribution in [0.2, 0.25) is 10.0 Å². The van der Waals surface area contributed by atoms with Crippen LogP contribution in [0.5, 0.6) is 11.5 Å². The predicted molar refractivity (Wildman–Crippen MR) is 173 cm³/mol. The number of thiazole rings is 1. The van der Waals surface area contributed by atoms with Gasteiger partial charge in [0.15, 0.2) is 4.80 Å². The monoisotopic (exact) mass is 659 g/mol. The molecule has 1 atom stereocenters. The smallest absolute Gasteiger partial charge is 0.289 e. The Hall–Kier alpha value is -4.64. The lowest BCUT2D eigenvalue weighted by Gasteiger charge is -2.31. The van der Waals surface area contributed by atoms with Crippen molar-refractivity contribution in [2.45, 2.75) is 18.9 Å². The van der Waals surface area contributed by atoms with Crippen molar-refractivity contribution in [1.82, 2.24) is 4.57 Å². The van der Waals surface area contributed by atoms with Gasteiger partial charge in [-0.1, -0.05) is 58.8 Å². The number of aryl methyl sites for hydroxylation is 1. The van der Waals surface area contributed by atoms with E-state index in [0.29, 0.717) is 37.9 Å². The quantitative estimate of drug-likeness (QED) is 0.146. The molecule has 12 heteroatoms. The summed E-state index contributed by atoms with van der Waals surface area (Å²) in [5, 5.41) is 11.3. The fraction of sp³-hybridized carbons (Fsp3) is 0.152. The van der Waals surface area contributed by atoms with Gasteiger partial charge in [0.2, 0.25) is 0 Å². The number of fused-ring (bicyclic) bond motifs is 3. The van der Waals surface area contributed by atoms with Crippen LogP contribution in [-0.2, 0) is 6.42 Å². The molecule has 45 heavy (non-hydrogen) atoms. The maximum absolute atomic E-state index is 14.2. The molecule has 1 aliphatic carbocycles. The van der Waals surface area contributed by atoms with Gasteiger partial charge in [-0.2, -0.15) is 0 Å². The van der Waals surface area contributed by atoms with E-state index in [4.69, 9.17) is 42.1 Å². The van der Waals surface area contributed by atoms with E-state index in [0.717, 1.165) is 35.2 Å². The van der Waals surface area contributed by atoms with E-state index in [2.05, 4.69) is 12.1 Å². The Morgan fingerprint density at radius 1 is 1.02 bits per heavy atom. The molecule has 226 valence electrons. The van der Waals surface area contributed by atoms with Gasteiger partial charge in [-0.25, -0.2) is 4.99 Å². The molecule has 0 N–H and O–H groups in total. The maximum Gasteiger partial charge on any atom is 0.289 e. The average molecular weight is 661 g/mol. The second kappa shape index (κ2) is 11.4. The highest BCUT2D eigenvalue weighted by Gasteiger charge is 2.34. The fourth-order valence-electron chi connectivity index (χ4n) is 5.92. The molecule has 7 rings (SSSR count). The number of benzene rings is 3. The van der Waals surface area contributed by atoms with Gasteiger partial charge in [0.1, 0.15) is 28.0 Å². The van der Waals surface area contributed by atoms with E-state index in [9.17, 15) is 14.9 Å². The molecule has 5 aromatic rings. The first-order valence-electron chi connectivity index (χ1n) is 13.9. The zero-order valence-electron chi connectivity index (χ0n) is 23.9. The molecule has 0 saturated heterocycles. The van der Waals surface area contributed by atoms with E-state index >= 15 is 0 Å². The van der Waals surface area contributed by atoms with Crippen LogP contribution in [-0.4, -0.2) is 23.7 Å². The summed E-state index contributed by atoms with van der Waals surface area (Å²) in [6, 6.07) is 19.3. The predicted octanol–water partition coefficient (Wildman–Crippen LogP) is 6.81. The Labute approximate surface area is 270 Å². The second-order valence-electron chi connectivity index (χ2n) is 10.5. The van der Waals surface area contributed by atoms with Crippen molar-refractivity contribution in [1.29, 1.82) is 0 Å². The van der Waals surface area contributed by atoms with Crippen molar-refractivity contribution >= 4 is 52.0 Å². The van der Waals surface area contributed by atoms with Crippen molar-refractivity contribution in [3.05, 3.63) is 135 Å². The topological polar surface area (TPSA) is 109 Å². The van der Waals surface area contributed by atoms with Gasteiger partial charge in [-0.05, 0) is 60.4 Å². The Kier molecular flexibility index (Phi) is 7.35. The fourth-order valence-corrected chi connectivity index (χ4v) is 7.39. The normalized spacial score (nSPS) is 15.6. The first-order valence-corrected chi connectivity index (χ1v) is 15.4. The first-order chi connectivity index (χ1) is 21.8. The van der Waals surface area contributed by atoms with Crippen molar-refractivity contribution in [3.8, 4) is 22.8 Å². The molecule has 0 spiro atoms. The molecule has 0 amide bonds. The maximum atomic E-state index is 14.2. The highest BCUT2D eigenvalue weighted by Crippen LogP contribution is 2.44. The molecule has 9 nitrogen and oxygen atoms in total. The third kappa shape index (κ3) is 4.95. The van der Waals surface area contributed by atoms with Gasteiger partial charge in [0, 0.05) is 28.8 Å². The first kappa shape index (κ1) is 29.1. The number of hydrogen-bond donors (Lipinski definition) is 0. The molecular formula is C33H23Cl2N3O6S. The van der Waals surface area contributed by atoms with Gasteiger partial charge in [0.05, 0.1) is 40.4 Å². The van der Waals surface area contributed by atoms with Crippen molar-refractivity contribution in [2.24, 2.45) is 4.99 Å².